The maximum absolute atomic E-state index is 9.46. The molecule has 0 saturated carbocycles. The van der Waals surface area contributed by atoms with Gasteiger partial charge in [-0.05, 0) is 5.92 Å². The van der Waals surface area contributed by atoms with Gasteiger partial charge in [0.05, 0.1) is 6.42 Å². The van der Waals surface area contributed by atoms with E-state index in [2.05, 4.69) is 11.8 Å². The maximum Gasteiger partial charge on any atom is 0.192 e. The molecule has 0 rings (SSSR count). The van der Waals surface area contributed by atoms with Gasteiger partial charge in [0.2, 0.25) is 0 Å². The van der Waals surface area contributed by atoms with E-state index >= 15 is 0 Å². The van der Waals surface area contributed by atoms with E-state index < -0.39 is 0 Å². The molecule has 0 aromatic carbocycles. The summed E-state index contributed by atoms with van der Waals surface area (Å²) in [6.07, 6.45) is 1.26. The zero-order valence-corrected chi connectivity index (χ0v) is 3.68. The van der Waals surface area contributed by atoms with Gasteiger partial charge in [-0.3, -0.25) is 4.79 Å². The zero-order chi connectivity index (χ0) is 5.54. The summed E-state index contributed by atoms with van der Waals surface area (Å²) >= 11 is 0. The number of aldehydes is 2. The third kappa shape index (κ3) is 4.90. The van der Waals surface area contributed by atoms with Crippen molar-refractivity contribution in [2.75, 3.05) is 0 Å². The van der Waals surface area contributed by atoms with Crippen molar-refractivity contribution in [3.8, 4) is 11.8 Å². The predicted octanol–water partition coefficient (Wildman–Crippen LogP) is -0.222. The highest BCUT2D eigenvalue weighted by Crippen LogP contribution is 1.59. The maximum atomic E-state index is 9.46. The molecular weight excluding hydrogens is 92.1 g/mol. The van der Waals surface area contributed by atoms with Crippen LogP contribution < -0.4 is 0 Å². The second-order valence-corrected chi connectivity index (χ2v) is 0.810. The first-order chi connectivity index (χ1) is 3.41. The molecule has 0 aliphatic carbocycles. The van der Waals surface area contributed by atoms with E-state index in [9.17, 15) is 9.59 Å². The van der Waals surface area contributed by atoms with E-state index in [1.54, 1.807) is 0 Å². The van der Waals surface area contributed by atoms with Gasteiger partial charge in [-0.15, -0.1) is 0 Å². The van der Waals surface area contributed by atoms with Crippen LogP contribution in [0.1, 0.15) is 6.42 Å². The Hall–Kier alpha value is -1.10. The monoisotopic (exact) mass is 96.0 g/mol. The molecule has 0 radical (unpaired) electrons. The van der Waals surface area contributed by atoms with Crippen LogP contribution in [0.15, 0.2) is 0 Å². The van der Waals surface area contributed by atoms with Crippen molar-refractivity contribution >= 4 is 12.6 Å². The lowest BCUT2D eigenvalue weighted by atomic mass is 10.5. The fourth-order valence-electron chi connectivity index (χ4n) is 0.142. The summed E-state index contributed by atoms with van der Waals surface area (Å²) < 4.78 is 0. The molecule has 0 unspecified atom stereocenters. The smallest absolute Gasteiger partial charge is 0.192 e. The first kappa shape index (κ1) is 5.90. The van der Waals surface area contributed by atoms with Gasteiger partial charge >= 0.3 is 0 Å². The molecule has 0 aliphatic rings. The van der Waals surface area contributed by atoms with E-state index in [0.29, 0.717) is 12.6 Å². The van der Waals surface area contributed by atoms with Crippen molar-refractivity contribution in [2.45, 2.75) is 6.42 Å². The number of hydrogen-bond acceptors (Lipinski definition) is 2. The van der Waals surface area contributed by atoms with Crippen molar-refractivity contribution in [3.63, 3.8) is 0 Å². The average Bonchev–Trinajstić information content (AvgIpc) is 1.69. The van der Waals surface area contributed by atoms with Crippen LogP contribution in [0.5, 0.6) is 0 Å². The van der Waals surface area contributed by atoms with Crippen LogP contribution in [-0.2, 0) is 9.59 Å². The van der Waals surface area contributed by atoms with E-state index in [1.807, 2.05) is 0 Å². The molecule has 0 heterocycles. The lowest BCUT2D eigenvalue weighted by Gasteiger charge is -1.59. The normalized spacial score (nSPS) is 5.71. The van der Waals surface area contributed by atoms with Gasteiger partial charge in [-0.2, -0.15) is 0 Å². The molecule has 0 bridgehead atoms. The van der Waals surface area contributed by atoms with Crippen LogP contribution in [0.25, 0.3) is 0 Å². The highest BCUT2D eigenvalue weighted by atomic mass is 16.1. The Balaban J connectivity index is 3.24. The third-order valence-corrected chi connectivity index (χ3v) is 0.346. The van der Waals surface area contributed by atoms with Crippen LogP contribution in [0.3, 0.4) is 0 Å². The lowest BCUT2D eigenvalue weighted by Crippen LogP contribution is -1.66. The molecular formula is C5H4O2. The summed E-state index contributed by atoms with van der Waals surface area (Å²) in [4.78, 5) is 18.9. The second-order valence-electron chi connectivity index (χ2n) is 0.810. The van der Waals surface area contributed by atoms with Gasteiger partial charge in [0.1, 0.15) is 6.29 Å². The van der Waals surface area contributed by atoms with Crippen LogP contribution in [-0.4, -0.2) is 12.6 Å². The summed E-state index contributed by atoms with van der Waals surface area (Å²) in [5.74, 6) is 4.39. The molecule has 0 amide bonds. The molecule has 0 atom stereocenters. The van der Waals surface area contributed by atoms with Crippen molar-refractivity contribution in [3.05, 3.63) is 0 Å². The summed E-state index contributed by atoms with van der Waals surface area (Å²) in [6.45, 7) is 0. The van der Waals surface area contributed by atoms with E-state index in [-0.39, 0.29) is 6.42 Å². The molecule has 0 fully saturated rings. The molecule has 2 heteroatoms. The molecule has 7 heavy (non-hydrogen) atoms. The lowest BCUT2D eigenvalue weighted by molar-refractivity contribution is -0.107. The molecule has 0 N–H and O–H groups in total. The largest absolute Gasteiger partial charge is 0.302 e. The topological polar surface area (TPSA) is 34.1 Å². The van der Waals surface area contributed by atoms with Gasteiger partial charge < -0.3 is 4.79 Å². The fourth-order valence-corrected chi connectivity index (χ4v) is 0.142. The van der Waals surface area contributed by atoms with Crippen molar-refractivity contribution in [1.82, 2.24) is 0 Å². The van der Waals surface area contributed by atoms with Crippen molar-refractivity contribution < 1.29 is 9.59 Å². The zero-order valence-electron chi connectivity index (χ0n) is 3.68. The fraction of sp³-hybridized carbons (Fsp3) is 0.200. The highest BCUT2D eigenvalue weighted by molar-refractivity contribution is 5.73. The minimum absolute atomic E-state index is 0.152. The van der Waals surface area contributed by atoms with Crippen molar-refractivity contribution in [1.29, 1.82) is 0 Å². The Bertz CT molecular complexity index is 116. The first-order valence-electron chi connectivity index (χ1n) is 1.77. The van der Waals surface area contributed by atoms with Crippen molar-refractivity contribution in [2.24, 2.45) is 0 Å². The SMILES string of the molecule is O=CC#CCC=O. The van der Waals surface area contributed by atoms with Gasteiger partial charge in [-0.1, -0.05) is 5.92 Å². The Morgan fingerprint density at radius 2 is 2.14 bits per heavy atom. The summed E-state index contributed by atoms with van der Waals surface area (Å²) in [5.41, 5.74) is 0. The van der Waals surface area contributed by atoms with E-state index in [1.165, 1.54) is 0 Å². The van der Waals surface area contributed by atoms with Gasteiger partial charge in [0, 0.05) is 0 Å². The first-order valence-corrected chi connectivity index (χ1v) is 1.77. The predicted molar refractivity (Wildman–Crippen MR) is 24.5 cm³/mol. The Morgan fingerprint density at radius 3 is 2.57 bits per heavy atom. The Kier molecular flexibility index (Phi) is 4.13. The Labute approximate surface area is 41.5 Å². The van der Waals surface area contributed by atoms with Crippen LogP contribution in [0.2, 0.25) is 0 Å². The third-order valence-electron chi connectivity index (χ3n) is 0.346. The molecule has 0 spiro atoms. The number of rotatable bonds is 1. The van der Waals surface area contributed by atoms with Crippen LogP contribution >= 0.6 is 0 Å². The van der Waals surface area contributed by atoms with Gasteiger partial charge in [-0.25, -0.2) is 0 Å². The minimum Gasteiger partial charge on any atom is -0.302 e. The molecule has 0 saturated heterocycles. The number of hydrogen-bond donors (Lipinski definition) is 0. The van der Waals surface area contributed by atoms with E-state index in [0.717, 1.165) is 0 Å². The quantitative estimate of drug-likeness (QED) is 0.334. The molecule has 36 valence electrons. The standard InChI is InChI=1S/C5H4O2/c6-4-2-1-3-5-7/h4-5H,2H2. The van der Waals surface area contributed by atoms with E-state index in [4.69, 9.17) is 0 Å². The Morgan fingerprint density at radius 1 is 1.43 bits per heavy atom. The summed E-state index contributed by atoms with van der Waals surface area (Å²) in [5, 5.41) is 0. The van der Waals surface area contributed by atoms with Gasteiger partial charge in [0.25, 0.3) is 0 Å². The molecule has 2 nitrogen and oxygen atoms in total. The summed E-state index contributed by atoms with van der Waals surface area (Å²) in [7, 11) is 0. The van der Waals surface area contributed by atoms with Crippen LogP contribution in [0, 0.1) is 11.8 Å². The van der Waals surface area contributed by atoms with Gasteiger partial charge in [0.15, 0.2) is 6.29 Å². The highest BCUT2D eigenvalue weighted by Gasteiger charge is 1.64. The summed E-state index contributed by atoms with van der Waals surface area (Å²) in [6, 6.07) is 0. The molecule has 0 aromatic rings. The molecule has 0 aromatic heterocycles. The molecule has 0 aliphatic heterocycles. The minimum atomic E-state index is 0.152. The second kappa shape index (κ2) is 4.90. The average molecular weight is 96.1 g/mol. The number of carbonyl (C=O) groups is 2. The number of carbonyl (C=O) groups excluding carboxylic acids is 2. The van der Waals surface area contributed by atoms with Crippen LogP contribution in [0.4, 0.5) is 0 Å².